The maximum atomic E-state index is 5.69. The molecule has 0 spiro atoms. The standard InChI is InChI=1S/C23H20N2O3S.C22H18N2O2S/c1-26-17-4-2-3-16(12-17)18-14-29-21-7-8-24-23(22(18)21)25-13-15-5-6-19-20(11-15)28-10-9-27-19;1-2-4-16(5-3-1)17-14-27-20-8-9-23-22(21(17)20)24-13-15-6-7-18-19(12-15)26-11-10-25-18/h2-8,11-12,14H,9-10,13H2,1H3,(H,24,25);1-9,12,14H,10-11,13H2,(H,23,24). The van der Waals surface area contributed by atoms with Crippen LogP contribution in [-0.4, -0.2) is 43.5 Å². The Morgan fingerprint density at radius 2 is 1.07 bits per heavy atom. The number of aromatic nitrogens is 2. The number of nitrogens with zero attached hydrogens (tertiary/aromatic N) is 2. The van der Waals surface area contributed by atoms with Crippen molar-refractivity contribution in [2.45, 2.75) is 13.1 Å². The Morgan fingerprint density at radius 3 is 1.62 bits per heavy atom. The number of thiophene rings is 2. The predicted octanol–water partition coefficient (Wildman–Crippen LogP) is 10.7. The van der Waals surface area contributed by atoms with E-state index < -0.39 is 0 Å². The van der Waals surface area contributed by atoms with Gasteiger partial charge in [-0.1, -0.05) is 54.6 Å². The van der Waals surface area contributed by atoms with Crippen molar-refractivity contribution in [1.82, 2.24) is 9.97 Å². The molecule has 9 nitrogen and oxygen atoms in total. The van der Waals surface area contributed by atoms with Crippen molar-refractivity contribution in [3.05, 3.63) is 137 Å². The number of benzene rings is 4. The molecule has 0 atom stereocenters. The lowest BCUT2D eigenvalue weighted by Crippen LogP contribution is -2.15. The first-order valence-corrected chi connectivity index (χ1v) is 20.1. The molecule has 11 heteroatoms. The van der Waals surface area contributed by atoms with Gasteiger partial charge in [-0.05, 0) is 81.5 Å². The van der Waals surface area contributed by atoms with Crippen molar-refractivity contribution in [2.75, 3.05) is 44.2 Å². The van der Waals surface area contributed by atoms with Crippen LogP contribution in [0.5, 0.6) is 28.7 Å². The number of hydrogen-bond donors (Lipinski definition) is 2. The second-order valence-electron chi connectivity index (χ2n) is 13.1. The molecule has 56 heavy (non-hydrogen) atoms. The minimum Gasteiger partial charge on any atom is -0.497 e. The average Bonchev–Trinajstić information content (AvgIpc) is 3.91. The lowest BCUT2D eigenvalue weighted by Gasteiger charge is -2.19. The molecule has 4 aromatic heterocycles. The smallest absolute Gasteiger partial charge is 0.161 e. The fourth-order valence-corrected chi connectivity index (χ4v) is 8.76. The number of pyridine rings is 2. The SMILES string of the molecule is COc1cccc(-c2csc3ccnc(NCc4ccc5c(c4)OCCO5)c23)c1.c1ccc(-c2csc3ccnc(NCc4ccc5c(c4)OCCO5)c23)cc1. The molecule has 0 saturated carbocycles. The number of hydrogen-bond acceptors (Lipinski definition) is 11. The topological polar surface area (TPSA) is 96.0 Å². The minimum atomic E-state index is 0.587. The molecule has 6 heterocycles. The van der Waals surface area contributed by atoms with Crippen molar-refractivity contribution in [3.8, 4) is 51.0 Å². The first kappa shape index (κ1) is 35.4. The van der Waals surface area contributed by atoms with E-state index in [1.165, 1.54) is 25.9 Å². The monoisotopic (exact) mass is 778 g/mol. The van der Waals surface area contributed by atoms with Crippen molar-refractivity contribution in [3.63, 3.8) is 0 Å². The second-order valence-corrected chi connectivity index (χ2v) is 14.9. The van der Waals surface area contributed by atoms with E-state index in [0.717, 1.165) is 68.0 Å². The molecule has 0 bridgehead atoms. The van der Waals surface area contributed by atoms with Crippen LogP contribution in [0.3, 0.4) is 0 Å². The van der Waals surface area contributed by atoms with Crippen molar-refractivity contribution in [2.24, 2.45) is 0 Å². The highest BCUT2D eigenvalue weighted by atomic mass is 32.1. The fourth-order valence-electron chi connectivity index (χ4n) is 6.84. The Balaban J connectivity index is 0.000000147. The highest BCUT2D eigenvalue weighted by molar-refractivity contribution is 7.18. The molecule has 4 aromatic carbocycles. The summed E-state index contributed by atoms with van der Waals surface area (Å²) in [5, 5.41) is 13.7. The van der Waals surface area contributed by atoms with Crippen LogP contribution in [0.2, 0.25) is 0 Å². The second kappa shape index (κ2) is 16.2. The van der Waals surface area contributed by atoms with Crippen molar-refractivity contribution >= 4 is 54.5 Å². The predicted molar refractivity (Wildman–Crippen MR) is 226 cm³/mol. The first-order valence-electron chi connectivity index (χ1n) is 18.4. The van der Waals surface area contributed by atoms with Crippen molar-refractivity contribution < 1.29 is 23.7 Å². The Morgan fingerprint density at radius 1 is 0.554 bits per heavy atom. The molecule has 0 radical (unpaired) electrons. The third-order valence-corrected chi connectivity index (χ3v) is 11.5. The van der Waals surface area contributed by atoms with Crippen LogP contribution in [0.15, 0.2) is 126 Å². The summed E-state index contributed by atoms with van der Waals surface area (Å²) in [5.74, 6) is 5.85. The molecule has 2 aliphatic rings. The molecular weight excluding hydrogens is 741 g/mol. The van der Waals surface area contributed by atoms with Gasteiger partial charge in [0.05, 0.1) is 7.11 Å². The molecule has 0 fully saturated rings. The number of fused-ring (bicyclic) bond motifs is 4. The van der Waals surface area contributed by atoms with Crippen LogP contribution in [0, 0.1) is 0 Å². The quantitative estimate of drug-likeness (QED) is 0.148. The number of rotatable bonds is 9. The largest absolute Gasteiger partial charge is 0.497 e. The Hall–Kier alpha value is -6.30. The van der Waals surface area contributed by atoms with Crippen LogP contribution < -0.4 is 34.3 Å². The molecule has 2 aliphatic heterocycles. The van der Waals surface area contributed by atoms with Crippen LogP contribution in [-0.2, 0) is 13.1 Å². The van der Waals surface area contributed by atoms with Gasteiger partial charge in [-0.25, -0.2) is 9.97 Å². The van der Waals surface area contributed by atoms with E-state index >= 15 is 0 Å². The van der Waals surface area contributed by atoms with E-state index in [4.69, 9.17) is 23.7 Å². The van der Waals surface area contributed by atoms with Gasteiger partial charge in [-0.15, -0.1) is 22.7 Å². The summed E-state index contributed by atoms with van der Waals surface area (Å²) in [5.41, 5.74) is 6.95. The molecule has 0 saturated heterocycles. The lowest BCUT2D eigenvalue weighted by atomic mass is 10.0. The van der Waals surface area contributed by atoms with Gasteiger partial charge in [0, 0.05) is 56.8 Å². The number of nitrogens with one attached hydrogen (secondary N) is 2. The van der Waals surface area contributed by atoms with E-state index in [9.17, 15) is 0 Å². The zero-order chi connectivity index (χ0) is 37.7. The van der Waals surface area contributed by atoms with Gasteiger partial charge in [-0.3, -0.25) is 0 Å². The summed E-state index contributed by atoms with van der Waals surface area (Å²) in [6, 6.07) is 34.8. The Labute approximate surface area is 332 Å². The van der Waals surface area contributed by atoms with E-state index in [-0.39, 0.29) is 0 Å². The van der Waals surface area contributed by atoms with Crippen LogP contribution in [0.25, 0.3) is 42.4 Å². The third-order valence-electron chi connectivity index (χ3n) is 9.57. The molecule has 2 N–H and O–H groups in total. The molecule has 8 aromatic rings. The summed E-state index contributed by atoms with van der Waals surface area (Å²) in [7, 11) is 1.69. The van der Waals surface area contributed by atoms with Gasteiger partial charge in [0.25, 0.3) is 0 Å². The molecule has 0 amide bonds. The Bertz CT molecular complexity index is 2630. The van der Waals surface area contributed by atoms with E-state index in [1.54, 1.807) is 29.8 Å². The maximum Gasteiger partial charge on any atom is 0.161 e. The fraction of sp³-hybridized carbons (Fsp3) is 0.156. The summed E-state index contributed by atoms with van der Waals surface area (Å²) < 4.78 is 30.4. The van der Waals surface area contributed by atoms with Crippen LogP contribution >= 0.6 is 22.7 Å². The molecular formula is C45H38N4O5S2. The summed E-state index contributed by atoms with van der Waals surface area (Å²) >= 11 is 3.47. The zero-order valence-corrected chi connectivity index (χ0v) is 32.3. The van der Waals surface area contributed by atoms with Crippen LogP contribution in [0.4, 0.5) is 11.6 Å². The molecule has 0 aliphatic carbocycles. The highest BCUT2D eigenvalue weighted by Gasteiger charge is 2.16. The first-order chi connectivity index (χ1) is 27.7. The van der Waals surface area contributed by atoms with Crippen LogP contribution in [0.1, 0.15) is 11.1 Å². The summed E-state index contributed by atoms with van der Waals surface area (Å²) in [6.45, 7) is 3.71. The molecule has 280 valence electrons. The molecule has 0 unspecified atom stereocenters. The highest BCUT2D eigenvalue weighted by Crippen LogP contribution is 2.40. The number of anilines is 2. The van der Waals surface area contributed by atoms with E-state index in [1.807, 2.05) is 54.9 Å². The molecule has 10 rings (SSSR count). The summed E-state index contributed by atoms with van der Waals surface area (Å²) in [6.07, 6.45) is 3.71. The van der Waals surface area contributed by atoms with Gasteiger partial charge in [-0.2, -0.15) is 0 Å². The van der Waals surface area contributed by atoms with E-state index in [0.29, 0.717) is 39.5 Å². The number of methoxy groups -OCH3 is 1. The van der Waals surface area contributed by atoms with Gasteiger partial charge in [0.1, 0.15) is 43.8 Å². The Kier molecular flexibility index (Phi) is 10.2. The normalized spacial score (nSPS) is 12.8. The number of ether oxygens (including phenoxy) is 5. The maximum absolute atomic E-state index is 5.69. The zero-order valence-electron chi connectivity index (χ0n) is 30.6. The summed E-state index contributed by atoms with van der Waals surface area (Å²) in [4.78, 5) is 9.23. The van der Waals surface area contributed by atoms with Gasteiger partial charge >= 0.3 is 0 Å². The van der Waals surface area contributed by atoms with Crippen molar-refractivity contribution in [1.29, 1.82) is 0 Å². The minimum absolute atomic E-state index is 0.587. The average molecular weight is 779 g/mol. The van der Waals surface area contributed by atoms with E-state index in [2.05, 4.69) is 92.0 Å². The third kappa shape index (κ3) is 7.51. The van der Waals surface area contributed by atoms with Gasteiger partial charge in [0.2, 0.25) is 0 Å². The van der Waals surface area contributed by atoms with Gasteiger partial charge < -0.3 is 34.3 Å². The lowest BCUT2D eigenvalue weighted by molar-refractivity contribution is 0.171. The van der Waals surface area contributed by atoms with Gasteiger partial charge in [0.15, 0.2) is 23.0 Å².